The molecule has 0 fully saturated rings. The second-order valence-electron chi connectivity index (χ2n) is 6.76. The molecule has 0 saturated heterocycles. The number of ketones is 1. The van der Waals surface area contributed by atoms with Crippen molar-refractivity contribution >= 4 is 5.78 Å². The summed E-state index contributed by atoms with van der Waals surface area (Å²) in [7, 11) is 0. The van der Waals surface area contributed by atoms with E-state index in [4.69, 9.17) is 0 Å². The van der Waals surface area contributed by atoms with Gasteiger partial charge in [0.1, 0.15) is 5.78 Å². The highest BCUT2D eigenvalue weighted by Crippen LogP contribution is 2.13. The number of rotatable bonds is 15. The van der Waals surface area contributed by atoms with E-state index in [1.807, 2.05) is 0 Å². The molecule has 0 amide bonds. The molecule has 1 heteroatoms. The molecule has 0 rings (SSSR count). The lowest BCUT2D eigenvalue weighted by Crippen LogP contribution is -1.98. The van der Waals surface area contributed by atoms with Crippen molar-refractivity contribution in [2.24, 2.45) is 5.92 Å². The zero-order chi connectivity index (χ0) is 15.1. The smallest absolute Gasteiger partial charge is 0.132 e. The molecule has 0 aromatic carbocycles. The van der Waals surface area contributed by atoms with Crippen molar-refractivity contribution in [2.75, 3.05) is 0 Å². The number of carbonyl (C=O) groups is 1. The van der Waals surface area contributed by atoms with Crippen molar-refractivity contribution in [1.29, 1.82) is 0 Å². The lowest BCUT2D eigenvalue weighted by atomic mass is 10.0. The van der Waals surface area contributed by atoms with E-state index in [0.29, 0.717) is 5.78 Å². The highest BCUT2D eigenvalue weighted by atomic mass is 16.1. The van der Waals surface area contributed by atoms with E-state index in [0.717, 1.165) is 31.6 Å². The van der Waals surface area contributed by atoms with Crippen LogP contribution in [-0.2, 0) is 4.79 Å². The zero-order valence-electron chi connectivity index (χ0n) is 14.4. The summed E-state index contributed by atoms with van der Waals surface area (Å²) in [6.07, 6.45) is 17.2. The van der Waals surface area contributed by atoms with Gasteiger partial charge in [-0.1, -0.05) is 85.0 Å². The third-order valence-corrected chi connectivity index (χ3v) is 4.05. The molecule has 0 atom stereocenters. The van der Waals surface area contributed by atoms with E-state index >= 15 is 0 Å². The number of hydrogen-bond donors (Lipinski definition) is 0. The van der Waals surface area contributed by atoms with Crippen LogP contribution in [0.5, 0.6) is 0 Å². The second kappa shape index (κ2) is 15.1. The minimum Gasteiger partial charge on any atom is -0.300 e. The Balaban J connectivity index is 3.16. The molecule has 0 spiro atoms. The summed E-state index contributed by atoms with van der Waals surface area (Å²) in [4.78, 5) is 11.7. The molecule has 0 heterocycles. The van der Waals surface area contributed by atoms with Gasteiger partial charge < -0.3 is 0 Å². The van der Waals surface area contributed by atoms with Gasteiger partial charge >= 0.3 is 0 Å². The van der Waals surface area contributed by atoms with Gasteiger partial charge in [0.2, 0.25) is 0 Å². The molecule has 0 radical (unpaired) electrons. The van der Waals surface area contributed by atoms with Gasteiger partial charge in [-0.3, -0.25) is 4.79 Å². The van der Waals surface area contributed by atoms with Gasteiger partial charge in [0.15, 0.2) is 0 Å². The minimum absolute atomic E-state index is 0.500. The summed E-state index contributed by atoms with van der Waals surface area (Å²) in [6.45, 7) is 6.80. The highest BCUT2D eigenvalue weighted by molar-refractivity contribution is 5.78. The van der Waals surface area contributed by atoms with Crippen LogP contribution in [0.2, 0.25) is 0 Å². The fraction of sp³-hybridized carbons (Fsp3) is 0.947. The molecule has 0 aliphatic heterocycles. The van der Waals surface area contributed by atoms with Gasteiger partial charge in [-0.15, -0.1) is 0 Å². The monoisotopic (exact) mass is 282 g/mol. The Kier molecular flexibility index (Phi) is 14.8. The van der Waals surface area contributed by atoms with Crippen LogP contribution in [0.4, 0.5) is 0 Å². The standard InChI is InChI=1S/C19H38O/c1-4-5-6-7-8-9-10-13-16-19(20)17-14-11-12-15-18(2)3/h18H,4-17H2,1-3H3. The first-order valence-corrected chi connectivity index (χ1v) is 9.18. The number of hydrogen-bond acceptors (Lipinski definition) is 1. The predicted octanol–water partition coefficient (Wildman–Crippen LogP) is 6.69. The van der Waals surface area contributed by atoms with Crippen molar-refractivity contribution in [3.63, 3.8) is 0 Å². The van der Waals surface area contributed by atoms with Gasteiger partial charge in [0.05, 0.1) is 0 Å². The Morgan fingerprint density at radius 3 is 1.65 bits per heavy atom. The van der Waals surface area contributed by atoms with Crippen LogP contribution in [0.1, 0.15) is 111 Å². The van der Waals surface area contributed by atoms with Gasteiger partial charge in [-0.25, -0.2) is 0 Å². The molecule has 0 saturated carbocycles. The third kappa shape index (κ3) is 15.7. The van der Waals surface area contributed by atoms with Crippen LogP contribution in [0, 0.1) is 5.92 Å². The topological polar surface area (TPSA) is 17.1 Å². The Morgan fingerprint density at radius 1 is 0.700 bits per heavy atom. The van der Waals surface area contributed by atoms with Crippen molar-refractivity contribution < 1.29 is 4.79 Å². The van der Waals surface area contributed by atoms with Gasteiger partial charge in [0.25, 0.3) is 0 Å². The lowest BCUT2D eigenvalue weighted by molar-refractivity contribution is -0.119. The number of Topliss-reactive ketones (excluding diaryl/α,β-unsaturated/α-hetero) is 1. The average molecular weight is 283 g/mol. The first kappa shape index (κ1) is 19.7. The summed E-state index contributed by atoms with van der Waals surface area (Å²) in [5.41, 5.74) is 0. The molecule has 0 aromatic heterocycles. The van der Waals surface area contributed by atoms with E-state index in [1.54, 1.807) is 0 Å². The number of unbranched alkanes of at least 4 members (excludes halogenated alkanes) is 9. The molecule has 20 heavy (non-hydrogen) atoms. The van der Waals surface area contributed by atoms with Gasteiger partial charge in [-0.05, 0) is 18.8 Å². The Morgan fingerprint density at radius 2 is 1.15 bits per heavy atom. The van der Waals surface area contributed by atoms with Crippen LogP contribution >= 0.6 is 0 Å². The van der Waals surface area contributed by atoms with E-state index in [-0.39, 0.29) is 0 Å². The van der Waals surface area contributed by atoms with Crippen molar-refractivity contribution in [3.05, 3.63) is 0 Å². The minimum atomic E-state index is 0.500. The summed E-state index contributed by atoms with van der Waals surface area (Å²) < 4.78 is 0. The van der Waals surface area contributed by atoms with Crippen molar-refractivity contribution in [3.8, 4) is 0 Å². The molecular formula is C19H38O. The fourth-order valence-electron chi connectivity index (χ4n) is 2.63. The van der Waals surface area contributed by atoms with Crippen LogP contribution < -0.4 is 0 Å². The Labute approximate surface area is 127 Å². The molecule has 0 N–H and O–H groups in total. The molecule has 0 aliphatic rings. The fourth-order valence-corrected chi connectivity index (χ4v) is 2.63. The summed E-state index contributed by atoms with van der Waals surface area (Å²) >= 11 is 0. The van der Waals surface area contributed by atoms with Crippen LogP contribution in [0.15, 0.2) is 0 Å². The summed E-state index contributed by atoms with van der Waals surface area (Å²) in [5, 5.41) is 0. The van der Waals surface area contributed by atoms with Crippen LogP contribution in [0.25, 0.3) is 0 Å². The Hall–Kier alpha value is -0.330. The van der Waals surface area contributed by atoms with E-state index < -0.39 is 0 Å². The zero-order valence-corrected chi connectivity index (χ0v) is 14.4. The summed E-state index contributed by atoms with van der Waals surface area (Å²) in [5.74, 6) is 1.31. The number of carbonyl (C=O) groups excluding carboxylic acids is 1. The molecule has 0 aliphatic carbocycles. The molecule has 120 valence electrons. The summed E-state index contributed by atoms with van der Waals surface area (Å²) in [6, 6.07) is 0. The second-order valence-corrected chi connectivity index (χ2v) is 6.76. The van der Waals surface area contributed by atoms with E-state index in [2.05, 4.69) is 20.8 Å². The van der Waals surface area contributed by atoms with Crippen molar-refractivity contribution in [1.82, 2.24) is 0 Å². The molecule has 0 bridgehead atoms. The van der Waals surface area contributed by atoms with Crippen molar-refractivity contribution in [2.45, 2.75) is 111 Å². The molecule has 0 aromatic rings. The highest BCUT2D eigenvalue weighted by Gasteiger charge is 2.02. The largest absolute Gasteiger partial charge is 0.300 e. The SMILES string of the molecule is CCCCCCCCCCC(=O)CCCCCC(C)C. The van der Waals surface area contributed by atoms with Gasteiger partial charge in [-0.2, -0.15) is 0 Å². The maximum atomic E-state index is 11.7. The quantitative estimate of drug-likeness (QED) is 0.306. The molecular weight excluding hydrogens is 244 g/mol. The maximum Gasteiger partial charge on any atom is 0.132 e. The van der Waals surface area contributed by atoms with E-state index in [1.165, 1.54) is 64.2 Å². The normalized spacial score (nSPS) is 11.2. The molecule has 1 nitrogen and oxygen atoms in total. The average Bonchev–Trinajstić information content (AvgIpc) is 2.41. The molecule has 0 unspecified atom stereocenters. The first-order chi connectivity index (χ1) is 9.66. The third-order valence-electron chi connectivity index (χ3n) is 4.05. The predicted molar refractivity (Wildman–Crippen MR) is 90.2 cm³/mol. The Bertz CT molecular complexity index is 208. The van der Waals surface area contributed by atoms with Crippen LogP contribution in [0.3, 0.4) is 0 Å². The van der Waals surface area contributed by atoms with Crippen LogP contribution in [-0.4, -0.2) is 5.78 Å². The van der Waals surface area contributed by atoms with Gasteiger partial charge in [0, 0.05) is 12.8 Å². The first-order valence-electron chi connectivity index (χ1n) is 9.18. The lowest BCUT2D eigenvalue weighted by Gasteiger charge is -2.04. The van der Waals surface area contributed by atoms with E-state index in [9.17, 15) is 4.79 Å². The maximum absolute atomic E-state index is 11.7.